The number of hydrogen-bond acceptors (Lipinski definition) is 13. The van der Waals surface area contributed by atoms with E-state index in [2.05, 4.69) is 31.9 Å². The minimum atomic E-state index is -1.94. The van der Waals surface area contributed by atoms with E-state index in [0.717, 1.165) is 36.3 Å². The highest BCUT2D eigenvalue weighted by molar-refractivity contribution is 6.05. The maximum atomic E-state index is 14.9. The molecule has 3 aromatic rings. The lowest BCUT2D eigenvalue weighted by Gasteiger charge is -2.31. The molecule has 0 saturated carbocycles. The summed E-state index contributed by atoms with van der Waals surface area (Å²) in [5.41, 5.74) is 7.28. The molecule has 8 amide bonds. The number of carbonyl (C=O) groups excluding carboxylic acids is 9. The molecular formula is C54H68N8O13. The number of aliphatic hydroxyl groups excluding tert-OH is 2. The Kier molecular flexibility index (Phi) is 22.9. The highest BCUT2D eigenvalue weighted by Gasteiger charge is 2.39. The van der Waals surface area contributed by atoms with E-state index >= 15 is 0 Å². The quantitative estimate of drug-likeness (QED) is 0.0755. The molecule has 0 unspecified atom stereocenters. The summed E-state index contributed by atoms with van der Waals surface area (Å²) in [6.45, 7) is 6.80. The van der Waals surface area contributed by atoms with Crippen LogP contribution in [-0.4, -0.2) is 136 Å². The van der Waals surface area contributed by atoms with Crippen molar-refractivity contribution in [1.82, 2.24) is 36.8 Å². The zero-order chi connectivity index (χ0) is 55.4. The second kappa shape index (κ2) is 28.9. The van der Waals surface area contributed by atoms with Crippen molar-refractivity contribution in [2.75, 3.05) is 13.7 Å². The van der Waals surface area contributed by atoms with Crippen LogP contribution in [0.3, 0.4) is 0 Å². The monoisotopic (exact) mass is 1040 g/mol. The molecule has 3 aromatic carbocycles. The number of hydrogen-bond donors (Lipinski definition) is 10. The molecule has 4 rings (SSSR count). The fourth-order valence-electron chi connectivity index (χ4n) is 7.69. The van der Waals surface area contributed by atoms with Crippen LogP contribution in [0.2, 0.25) is 0 Å². The second-order valence-electron chi connectivity index (χ2n) is 18.4. The van der Waals surface area contributed by atoms with Crippen LogP contribution in [0, 0.1) is 5.92 Å². The van der Waals surface area contributed by atoms with Gasteiger partial charge in [0.2, 0.25) is 35.4 Å². The summed E-state index contributed by atoms with van der Waals surface area (Å²) < 4.78 is 5.63. The largest absolute Gasteiger partial charge is 0.508 e. The molecular weight excluding hydrogens is 969 g/mol. The Bertz CT molecular complexity index is 2600. The number of primary amides is 1. The van der Waals surface area contributed by atoms with E-state index < -0.39 is 120 Å². The maximum Gasteiger partial charge on any atom is 0.331 e. The third-order valence-corrected chi connectivity index (χ3v) is 11.7. The van der Waals surface area contributed by atoms with Crippen LogP contribution >= 0.6 is 0 Å². The number of aliphatic hydroxyl groups is 2. The number of aromatic hydroxyl groups is 1. The van der Waals surface area contributed by atoms with Gasteiger partial charge >= 0.3 is 5.97 Å². The number of esters is 1. The van der Waals surface area contributed by atoms with Gasteiger partial charge in [-0.05, 0) is 79.1 Å². The Morgan fingerprint density at radius 2 is 1.36 bits per heavy atom. The van der Waals surface area contributed by atoms with E-state index in [9.17, 15) is 58.5 Å². The van der Waals surface area contributed by atoms with Crippen molar-refractivity contribution in [1.29, 1.82) is 0 Å². The van der Waals surface area contributed by atoms with Gasteiger partial charge in [-0.25, -0.2) is 4.79 Å². The maximum absolute atomic E-state index is 14.9. The van der Waals surface area contributed by atoms with Crippen LogP contribution in [0.4, 0.5) is 0 Å². The molecule has 1 heterocycles. The van der Waals surface area contributed by atoms with Crippen molar-refractivity contribution in [3.05, 3.63) is 119 Å². The fourth-order valence-corrected chi connectivity index (χ4v) is 7.69. The molecule has 0 aliphatic carbocycles. The molecule has 1 fully saturated rings. The van der Waals surface area contributed by atoms with E-state index in [4.69, 9.17) is 10.5 Å². The Hall–Kier alpha value is -8.17. The van der Waals surface area contributed by atoms with Crippen LogP contribution in [0.1, 0.15) is 82.6 Å². The molecule has 1 aliphatic rings. The number of rotatable bonds is 15. The fraction of sp³-hybridized carbons (Fsp3) is 0.389. The number of benzene rings is 3. The minimum Gasteiger partial charge on any atom is -0.508 e. The lowest BCUT2D eigenvalue weighted by Crippen LogP contribution is -2.62. The molecule has 1 aliphatic heterocycles. The first-order chi connectivity index (χ1) is 35.6. The van der Waals surface area contributed by atoms with Gasteiger partial charge in [0.1, 0.15) is 47.8 Å². The predicted molar refractivity (Wildman–Crippen MR) is 278 cm³/mol. The van der Waals surface area contributed by atoms with Gasteiger partial charge in [0, 0.05) is 19.5 Å². The second-order valence-corrected chi connectivity index (χ2v) is 18.4. The van der Waals surface area contributed by atoms with Crippen molar-refractivity contribution < 1.29 is 63.2 Å². The number of amides is 8. The molecule has 0 bridgehead atoms. The summed E-state index contributed by atoms with van der Waals surface area (Å²) in [6, 6.07) is 10.8. The van der Waals surface area contributed by atoms with Crippen LogP contribution in [0.25, 0.3) is 18.2 Å². The van der Waals surface area contributed by atoms with Gasteiger partial charge in [-0.1, -0.05) is 106 Å². The molecule has 0 spiro atoms. The third-order valence-electron chi connectivity index (χ3n) is 11.7. The van der Waals surface area contributed by atoms with Gasteiger partial charge in [-0.15, -0.1) is 0 Å². The van der Waals surface area contributed by atoms with E-state index in [1.54, 1.807) is 56.3 Å². The summed E-state index contributed by atoms with van der Waals surface area (Å²) in [5, 5.41) is 46.0. The Balaban J connectivity index is 1.91. The van der Waals surface area contributed by atoms with E-state index in [1.165, 1.54) is 50.4 Å². The first-order valence-corrected chi connectivity index (χ1v) is 24.5. The van der Waals surface area contributed by atoms with Crippen LogP contribution < -0.4 is 37.6 Å². The zero-order valence-electron chi connectivity index (χ0n) is 42.8. The van der Waals surface area contributed by atoms with Crippen molar-refractivity contribution in [3.8, 4) is 5.75 Å². The van der Waals surface area contributed by atoms with Crippen molar-refractivity contribution in [2.24, 2.45) is 11.7 Å². The number of phenolic OH excluding ortho intramolecular Hbond substituents is 1. The molecule has 0 radical (unpaired) electrons. The van der Waals surface area contributed by atoms with Gasteiger partial charge in [0.05, 0.1) is 19.1 Å². The summed E-state index contributed by atoms with van der Waals surface area (Å²) in [6.07, 6.45) is 5.12. The first kappa shape index (κ1) is 59.4. The van der Waals surface area contributed by atoms with Crippen molar-refractivity contribution >= 4 is 71.5 Å². The highest BCUT2D eigenvalue weighted by atomic mass is 16.5. The van der Waals surface area contributed by atoms with E-state index in [-0.39, 0.29) is 30.1 Å². The lowest BCUT2D eigenvalue weighted by atomic mass is 10.00. The summed E-state index contributed by atoms with van der Waals surface area (Å²) in [5.74, 6) is -10.1. The van der Waals surface area contributed by atoms with Gasteiger partial charge in [0.25, 0.3) is 11.8 Å². The predicted octanol–water partition coefficient (Wildman–Crippen LogP) is 1.11. The smallest absolute Gasteiger partial charge is 0.331 e. The van der Waals surface area contributed by atoms with E-state index in [1.807, 2.05) is 31.2 Å². The Labute approximate surface area is 435 Å². The average molecular weight is 1040 g/mol. The SMILES string of the molecule is CCCC=Cc1ccccc1/C=C/C(=O)N[C@@H]1C(=O)N(C)C(=Cc2ccc(O)cc2)C(=O)N[C@@H](CC(C)C)C(=O)N[C@H](Cc2ccccc2)C(=O)N[C@@H]([C@H](C)O)C(=O)N[C@@H](CC(N)=O)C(=O)N[C@@H](CO)C(=O)O[C@@H]1C. The lowest BCUT2D eigenvalue weighted by molar-refractivity contribution is -0.157. The zero-order valence-corrected chi connectivity index (χ0v) is 42.8. The van der Waals surface area contributed by atoms with Gasteiger partial charge < -0.3 is 62.6 Å². The number of ether oxygens (including phenoxy) is 1. The van der Waals surface area contributed by atoms with E-state index in [0.29, 0.717) is 11.1 Å². The number of nitrogens with two attached hydrogens (primary N) is 1. The highest BCUT2D eigenvalue weighted by Crippen LogP contribution is 2.19. The molecule has 8 atom stereocenters. The average Bonchev–Trinajstić information content (AvgIpc) is 3.36. The number of unbranched alkanes of at least 4 members (excludes halogenated alkanes) is 1. The molecule has 1 saturated heterocycles. The molecule has 21 nitrogen and oxygen atoms in total. The number of phenols is 1. The number of nitrogens with zero attached hydrogens (tertiary/aromatic N) is 1. The normalized spacial score (nSPS) is 23.1. The number of nitrogens with one attached hydrogen (secondary N) is 6. The van der Waals surface area contributed by atoms with Gasteiger partial charge in [-0.2, -0.15) is 0 Å². The first-order valence-electron chi connectivity index (χ1n) is 24.5. The molecule has 0 aromatic heterocycles. The summed E-state index contributed by atoms with van der Waals surface area (Å²) in [4.78, 5) is 127. The van der Waals surface area contributed by atoms with Gasteiger partial charge in [-0.3, -0.25) is 38.4 Å². The van der Waals surface area contributed by atoms with Crippen molar-refractivity contribution in [2.45, 2.75) is 115 Å². The molecule has 11 N–H and O–H groups in total. The Morgan fingerprint density at radius 1 is 0.773 bits per heavy atom. The number of carbonyl (C=O) groups is 9. The van der Waals surface area contributed by atoms with Gasteiger partial charge in [0.15, 0.2) is 6.04 Å². The molecule has 21 heteroatoms. The standard InChI is InChI=1S/C54H68N8O13/c1-7-8-10-17-36-18-13-14-19-37(36)22-25-45(67)60-47-33(5)75-54(74)42(30-63)59-49(69)41(29-44(55)66)58-52(72)46(32(4)64)61-50(70)40(27-34-15-11-9-12-16-34)56-48(68)39(26-31(2)3)57-51(71)43(62(6)53(47)73)28-35-20-23-38(65)24-21-35/h9-25,28,31-33,39-42,46-47,63-65H,7-8,26-27,29-30H2,1-6H3,(H2,55,66)(H,56,68)(H,57,71)(H,58,72)(H,59,69)(H,60,67)(H,61,70)/b17-10?,25-22+,43-28?/t32-,33+,39-,40+,41-,42-,46-,47-/m0/s1. The summed E-state index contributed by atoms with van der Waals surface area (Å²) >= 11 is 0. The topological polar surface area (TPSA) is 325 Å². The molecule has 75 heavy (non-hydrogen) atoms. The number of allylic oxidation sites excluding steroid dienone is 1. The number of likely N-dealkylation sites (N-methyl/N-ethyl adjacent to an activating group) is 1. The Morgan fingerprint density at radius 3 is 1.96 bits per heavy atom. The van der Waals surface area contributed by atoms with Crippen LogP contribution in [0.5, 0.6) is 5.75 Å². The third kappa shape index (κ3) is 18.4. The minimum absolute atomic E-state index is 0.0228. The molecule has 402 valence electrons. The van der Waals surface area contributed by atoms with Crippen LogP contribution in [0.15, 0.2) is 96.7 Å². The number of cyclic esters (lactones) is 1. The van der Waals surface area contributed by atoms with Crippen molar-refractivity contribution in [3.63, 3.8) is 0 Å². The summed E-state index contributed by atoms with van der Waals surface area (Å²) in [7, 11) is 1.19. The van der Waals surface area contributed by atoms with Crippen LogP contribution in [-0.2, 0) is 54.3 Å².